The summed E-state index contributed by atoms with van der Waals surface area (Å²) < 4.78 is 5.24. The summed E-state index contributed by atoms with van der Waals surface area (Å²) in [6.07, 6.45) is 1.18. The van der Waals surface area contributed by atoms with E-state index in [2.05, 4.69) is 19.2 Å². The molecule has 0 fully saturated rings. The maximum Gasteiger partial charge on any atom is 0.141 e. The van der Waals surface area contributed by atoms with E-state index < -0.39 is 0 Å². The van der Waals surface area contributed by atoms with Crippen LogP contribution in [0.4, 0.5) is 5.69 Å². The molecule has 14 heavy (non-hydrogen) atoms. The van der Waals surface area contributed by atoms with E-state index in [1.54, 1.807) is 7.11 Å². The highest BCUT2D eigenvalue weighted by Crippen LogP contribution is 2.22. The largest absolute Gasteiger partial charge is 0.495 e. The Balaban J connectivity index is 2.49. The van der Waals surface area contributed by atoms with Crippen LogP contribution in [-0.2, 0) is 0 Å². The van der Waals surface area contributed by atoms with Crippen molar-refractivity contribution in [1.29, 1.82) is 0 Å². The Morgan fingerprint density at radius 3 is 2.64 bits per heavy atom. The minimum atomic E-state index is 0.734. The molecule has 0 unspecified atom stereocenters. The molecule has 0 saturated heterocycles. The Hall–Kier alpha value is -1.18. The van der Waals surface area contributed by atoms with Crippen LogP contribution in [0.15, 0.2) is 24.3 Å². The van der Waals surface area contributed by atoms with Gasteiger partial charge in [0, 0.05) is 6.54 Å². The monoisotopic (exact) mass is 193 g/mol. The van der Waals surface area contributed by atoms with Gasteiger partial charge >= 0.3 is 0 Å². The number of nitrogens with one attached hydrogen (secondary N) is 1. The van der Waals surface area contributed by atoms with Gasteiger partial charge in [-0.25, -0.2) is 0 Å². The van der Waals surface area contributed by atoms with E-state index in [-0.39, 0.29) is 0 Å². The van der Waals surface area contributed by atoms with E-state index >= 15 is 0 Å². The fourth-order valence-electron chi connectivity index (χ4n) is 1.29. The van der Waals surface area contributed by atoms with Crippen LogP contribution in [0.25, 0.3) is 0 Å². The summed E-state index contributed by atoms with van der Waals surface area (Å²) in [7, 11) is 1.70. The lowest BCUT2D eigenvalue weighted by atomic mass is 10.1. The Bertz CT molecular complexity index is 271. The number of anilines is 1. The zero-order chi connectivity index (χ0) is 10.4. The first-order valence-corrected chi connectivity index (χ1v) is 5.11. The molecule has 0 aliphatic heterocycles. The molecule has 0 radical (unpaired) electrons. The highest BCUT2D eigenvalue weighted by atomic mass is 16.5. The average molecular weight is 193 g/mol. The average Bonchev–Trinajstić information content (AvgIpc) is 2.18. The molecular formula is C12H19NO. The summed E-state index contributed by atoms with van der Waals surface area (Å²) in [5.74, 6) is 1.65. The summed E-state index contributed by atoms with van der Waals surface area (Å²) in [4.78, 5) is 0. The molecule has 1 rings (SSSR count). The fraction of sp³-hybridized carbons (Fsp3) is 0.500. The SMILES string of the molecule is COc1ccccc1NCCC(C)C. The summed E-state index contributed by atoms with van der Waals surface area (Å²) in [6.45, 7) is 5.45. The number of hydrogen-bond acceptors (Lipinski definition) is 2. The number of ether oxygens (including phenoxy) is 1. The predicted octanol–water partition coefficient (Wildman–Crippen LogP) is 3.15. The predicted molar refractivity (Wildman–Crippen MR) is 60.9 cm³/mol. The van der Waals surface area contributed by atoms with Crippen molar-refractivity contribution in [3.05, 3.63) is 24.3 Å². The molecule has 0 atom stereocenters. The van der Waals surface area contributed by atoms with Crippen LogP contribution in [0.2, 0.25) is 0 Å². The lowest BCUT2D eigenvalue weighted by Gasteiger charge is -2.11. The number of benzene rings is 1. The van der Waals surface area contributed by atoms with Crippen LogP contribution in [0.5, 0.6) is 5.75 Å². The third-order valence-corrected chi connectivity index (χ3v) is 2.14. The van der Waals surface area contributed by atoms with E-state index in [1.165, 1.54) is 6.42 Å². The molecule has 0 aliphatic carbocycles. The molecule has 2 heteroatoms. The smallest absolute Gasteiger partial charge is 0.141 e. The first kappa shape index (κ1) is 10.9. The van der Waals surface area contributed by atoms with Crippen LogP contribution < -0.4 is 10.1 Å². The third-order valence-electron chi connectivity index (χ3n) is 2.14. The molecule has 1 aromatic rings. The van der Waals surface area contributed by atoms with E-state index in [9.17, 15) is 0 Å². The Morgan fingerprint density at radius 1 is 1.29 bits per heavy atom. The maximum absolute atomic E-state index is 5.24. The Labute approximate surface area is 86.3 Å². The Kier molecular flexibility index (Phi) is 4.30. The lowest BCUT2D eigenvalue weighted by Crippen LogP contribution is -2.05. The van der Waals surface area contributed by atoms with Gasteiger partial charge in [-0.15, -0.1) is 0 Å². The van der Waals surface area contributed by atoms with Gasteiger partial charge in [-0.05, 0) is 24.5 Å². The molecule has 1 N–H and O–H groups in total. The molecule has 0 saturated carbocycles. The van der Waals surface area contributed by atoms with Gasteiger partial charge in [-0.3, -0.25) is 0 Å². The molecule has 0 bridgehead atoms. The van der Waals surface area contributed by atoms with Crippen LogP contribution in [0.1, 0.15) is 20.3 Å². The van der Waals surface area contributed by atoms with Gasteiger partial charge in [0.25, 0.3) is 0 Å². The highest BCUT2D eigenvalue weighted by Gasteiger charge is 2.00. The number of rotatable bonds is 5. The second kappa shape index (κ2) is 5.53. The molecule has 0 aromatic heterocycles. The van der Waals surface area contributed by atoms with Crippen molar-refractivity contribution in [2.24, 2.45) is 5.92 Å². The first-order chi connectivity index (χ1) is 6.74. The molecule has 0 spiro atoms. The molecule has 78 valence electrons. The normalized spacial score (nSPS) is 10.3. The minimum absolute atomic E-state index is 0.734. The van der Waals surface area contributed by atoms with Crippen LogP contribution in [0.3, 0.4) is 0 Å². The van der Waals surface area contributed by atoms with Crippen molar-refractivity contribution in [2.45, 2.75) is 20.3 Å². The zero-order valence-corrected chi connectivity index (χ0v) is 9.21. The maximum atomic E-state index is 5.24. The number of hydrogen-bond donors (Lipinski definition) is 1. The van der Waals surface area contributed by atoms with Gasteiger partial charge in [0.05, 0.1) is 12.8 Å². The van der Waals surface area contributed by atoms with Gasteiger partial charge < -0.3 is 10.1 Å². The molecule has 2 nitrogen and oxygen atoms in total. The summed E-state index contributed by atoms with van der Waals surface area (Å²) in [6, 6.07) is 8.00. The van der Waals surface area contributed by atoms with Gasteiger partial charge in [0.1, 0.15) is 5.75 Å². The van der Waals surface area contributed by atoms with Crippen LogP contribution in [0, 0.1) is 5.92 Å². The van der Waals surface area contributed by atoms with E-state index in [0.29, 0.717) is 0 Å². The van der Waals surface area contributed by atoms with E-state index in [4.69, 9.17) is 4.74 Å². The molecule has 1 aromatic carbocycles. The number of methoxy groups -OCH3 is 1. The molecule has 0 aliphatic rings. The van der Waals surface area contributed by atoms with Crippen LogP contribution in [-0.4, -0.2) is 13.7 Å². The van der Waals surface area contributed by atoms with Gasteiger partial charge in [0.2, 0.25) is 0 Å². The minimum Gasteiger partial charge on any atom is -0.495 e. The Morgan fingerprint density at radius 2 is 2.00 bits per heavy atom. The second-order valence-corrected chi connectivity index (χ2v) is 3.81. The summed E-state index contributed by atoms with van der Waals surface area (Å²) in [5, 5.41) is 3.37. The highest BCUT2D eigenvalue weighted by molar-refractivity contribution is 5.55. The van der Waals surface area contributed by atoms with Crippen molar-refractivity contribution < 1.29 is 4.74 Å². The summed E-state index contributed by atoms with van der Waals surface area (Å²) >= 11 is 0. The zero-order valence-electron chi connectivity index (χ0n) is 9.21. The van der Waals surface area contributed by atoms with Gasteiger partial charge in [-0.2, -0.15) is 0 Å². The third kappa shape index (κ3) is 3.29. The lowest BCUT2D eigenvalue weighted by molar-refractivity contribution is 0.416. The van der Waals surface area contributed by atoms with Crippen molar-refractivity contribution in [2.75, 3.05) is 19.0 Å². The van der Waals surface area contributed by atoms with Gasteiger partial charge in [-0.1, -0.05) is 26.0 Å². The van der Waals surface area contributed by atoms with E-state index in [0.717, 1.165) is 23.9 Å². The molecule has 0 amide bonds. The summed E-state index contributed by atoms with van der Waals surface area (Å²) in [5.41, 5.74) is 1.08. The van der Waals surface area contributed by atoms with Crippen LogP contribution >= 0.6 is 0 Å². The van der Waals surface area contributed by atoms with Crippen molar-refractivity contribution in [3.63, 3.8) is 0 Å². The number of para-hydroxylation sites is 2. The topological polar surface area (TPSA) is 21.3 Å². The molecular weight excluding hydrogens is 174 g/mol. The molecule has 0 heterocycles. The van der Waals surface area contributed by atoms with Crippen molar-refractivity contribution in [3.8, 4) is 5.75 Å². The second-order valence-electron chi connectivity index (χ2n) is 3.81. The van der Waals surface area contributed by atoms with Gasteiger partial charge in [0.15, 0.2) is 0 Å². The fourth-order valence-corrected chi connectivity index (χ4v) is 1.29. The first-order valence-electron chi connectivity index (χ1n) is 5.11. The quantitative estimate of drug-likeness (QED) is 0.775. The van der Waals surface area contributed by atoms with Crippen molar-refractivity contribution >= 4 is 5.69 Å². The standard InChI is InChI=1S/C12H19NO/c1-10(2)8-9-13-11-6-4-5-7-12(11)14-3/h4-7,10,13H,8-9H2,1-3H3. The van der Waals surface area contributed by atoms with E-state index in [1.807, 2.05) is 24.3 Å². The van der Waals surface area contributed by atoms with Crippen molar-refractivity contribution in [1.82, 2.24) is 0 Å².